The van der Waals surface area contributed by atoms with Crippen LogP contribution in [0.25, 0.3) is 0 Å². The first kappa shape index (κ1) is 13.3. The van der Waals surface area contributed by atoms with E-state index in [0.29, 0.717) is 0 Å². The summed E-state index contributed by atoms with van der Waals surface area (Å²) in [6.45, 7) is 2.94. The van der Waals surface area contributed by atoms with E-state index in [-0.39, 0.29) is 12.4 Å². The molecule has 0 radical (unpaired) electrons. The van der Waals surface area contributed by atoms with E-state index in [0.717, 1.165) is 30.1 Å². The SMILES string of the molecule is CCNc1cc(COc2ccc(F)cc2F)ccn1. The van der Waals surface area contributed by atoms with Gasteiger partial charge in [0.05, 0.1) is 0 Å². The van der Waals surface area contributed by atoms with Gasteiger partial charge < -0.3 is 10.1 Å². The Kier molecular flexibility index (Phi) is 4.28. The third kappa shape index (κ3) is 3.64. The Bertz CT molecular complexity index is 561. The van der Waals surface area contributed by atoms with E-state index < -0.39 is 11.6 Å². The van der Waals surface area contributed by atoms with Crippen molar-refractivity contribution < 1.29 is 13.5 Å². The Morgan fingerprint density at radius 1 is 1.21 bits per heavy atom. The highest BCUT2D eigenvalue weighted by Gasteiger charge is 2.05. The second kappa shape index (κ2) is 6.13. The molecule has 1 heterocycles. The number of hydrogen-bond acceptors (Lipinski definition) is 3. The van der Waals surface area contributed by atoms with Crippen molar-refractivity contribution in [3.8, 4) is 5.75 Å². The molecule has 0 unspecified atom stereocenters. The van der Waals surface area contributed by atoms with Crippen LogP contribution >= 0.6 is 0 Å². The number of aromatic nitrogens is 1. The molecule has 5 heteroatoms. The van der Waals surface area contributed by atoms with E-state index in [4.69, 9.17) is 4.74 Å². The Hall–Kier alpha value is -2.17. The summed E-state index contributed by atoms with van der Waals surface area (Å²) >= 11 is 0. The van der Waals surface area contributed by atoms with Crippen LogP contribution in [-0.4, -0.2) is 11.5 Å². The maximum absolute atomic E-state index is 13.4. The molecule has 0 saturated heterocycles. The first-order valence-corrected chi connectivity index (χ1v) is 5.95. The van der Waals surface area contributed by atoms with Gasteiger partial charge in [0.1, 0.15) is 18.2 Å². The topological polar surface area (TPSA) is 34.1 Å². The Labute approximate surface area is 110 Å². The van der Waals surface area contributed by atoms with Crippen LogP contribution in [0, 0.1) is 11.6 Å². The molecule has 19 heavy (non-hydrogen) atoms. The van der Waals surface area contributed by atoms with Crippen molar-refractivity contribution in [2.45, 2.75) is 13.5 Å². The summed E-state index contributed by atoms with van der Waals surface area (Å²) in [5, 5.41) is 3.07. The van der Waals surface area contributed by atoms with Crippen molar-refractivity contribution in [3.63, 3.8) is 0 Å². The molecule has 2 rings (SSSR count). The van der Waals surface area contributed by atoms with E-state index in [1.807, 2.05) is 13.0 Å². The second-order valence-corrected chi connectivity index (χ2v) is 3.94. The lowest BCUT2D eigenvalue weighted by atomic mass is 10.2. The summed E-state index contributed by atoms with van der Waals surface area (Å²) in [4.78, 5) is 4.12. The van der Waals surface area contributed by atoms with Crippen LogP contribution in [-0.2, 0) is 6.61 Å². The number of halogens is 2. The molecular weight excluding hydrogens is 250 g/mol. The molecule has 0 aliphatic rings. The molecule has 100 valence electrons. The zero-order chi connectivity index (χ0) is 13.7. The van der Waals surface area contributed by atoms with Crippen LogP contribution in [0.3, 0.4) is 0 Å². The van der Waals surface area contributed by atoms with Gasteiger partial charge in [-0.2, -0.15) is 0 Å². The minimum Gasteiger partial charge on any atom is -0.486 e. The van der Waals surface area contributed by atoms with Gasteiger partial charge in [0.15, 0.2) is 11.6 Å². The van der Waals surface area contributed by atoms with Crippen LogP contribution < -0.4 is 10.1 Å². The summed E-state index contributed by atoms with van der Waals surface area (Å²) in [6.07, 6.45) is 1.65. The zero-order valence-electron chi connectivity index (χ0n) is 10.5. The average Bonchev–Trinajstić information content (AvgIpc) is 2.38. The summed E-state index contributed by atoms with van der Waals surface area (Å²) < 4.78 is 31.4. The number of anilines is 1. The number of hydrogen-bond donors (Lipinski definition) is 1. The average molecular weight is 264 g/mol. The molecule has 0 bridgehead atoms. The van der Waals surface area contributed by atoms with Crippen molar-refractivity contribution in [1.29, 1.82) is 0 Å². The largest absolute Gasteiger partial charge is 0.486 e. The highest BCUT2D eigenvalue weighted by molar-refractivity contribution is 5.37. The summed E-state index contributed by atoms with van der Waals surface area (Å²) in [6, 6.07) is 6.84. The van der Waals surface area contributed by atoms with Gasteiger partial charge in [-0.15, -0.1) is 0 Å². The summed E-state index contributed by atoms with van der Waals surface area (Å²) in [7, 11) is 0. The highest BCUT2D eigenvalue weighted by atomic mass is 19.1. The molecule has 0 fully saturated rings. The first-order valence-electron chi connectivity index (χ1n) is 5.95. The normalized spacial score (nSPS) is 10.3. The predicted octanol–water partition coefficient (Wildman–Crippen LogP) is 3.37. The lowest BCUT2D eigenvalue weighted by molar-refractivity contribution is 0.289. The number of rotatable bonds is 5. The molecule has 0 aliphatic carbocycles. The Morgan fingerprint density at radius 3 is 2.79 bits per heavy atom. The van der Waals surface area contributed by atoms with Crippen molar-refractivity contribution in [2.24, 2.45) is 0 Å². The van der Waals surface area contributed by atoms with Crippen molar-refractivity contribution in [3.05, 3.63) is 53.7 Å². The lowest BCUT2D eigenvalue weighted by Gasteiger charge is -2.08. The van der Waals surface area contributed by atoms with Gasteiger partial charge in [0, 0.05) is 18.8 Å². The van der Waals surface area contributed by atoms with Crippen LogP contribution in [0.15, 0.2) is 36.5 Å². The van der Waals surface area contributed by atoms with E-state index in [9.17, 15) is 8.78 Å². The van der Waals surface area contributed by atoms with Gasteiger partial charge in [0.2, 0.25) is 0 Å². The molecule has 1 N–H and O–H groups in total. The van der Waals surface area contributed by atoms with Crippen molar-refractivity contribution in [1.82, 2.24) is 4.98 Å². The maximum Gasteiger partial charge on any atom is 0.167 e. The van der Waals surface area contributed by atoms with Crippen LogP contribution in [0.5, 0.6) is 5.75 Å². The third-order valence-electron chi connectivity index (χ3n) is 2.47. The van der Waals surface area contributed by atoms with E-state index >= 15 is 0 Å². The predicted molar refractivity (Wildman–Crippen MR) is 69.1 cm³/mol. The molecule has 0 saturated carbocycles. The number of nitrogens with one attached hydrogen (secondary N) is 1. The quantitative estimate of drug-likeness (QED) is 0.899. The van der Waals surface area contributed by atoms with Gasteiger partial charge in [0.25, 0.3) is 0 Å². The standard InChI is InChI=1S/C14H14F2N2O/c1-2-17-14-7-10(5-6-18-14)9-19-13-4-3-11(15)8-12(13)16/h3-8H,2,9H2,1H3,(H,17,18). The monoisotopic (exact) mass is 264 g/mol. The molecule has 2 aromatic rings. The molecule has 1 aromatic heterocycles. The van der Waals surface area contributed by atoms with E-state index in [2.05, 4.69) is 10.3 Å². The second-order valence-electron chi connectivity index (χ2n) is 3.94. The van der Waals surface area contributed by atoms with E-state index in [1.165, 1.54) is 6.07 Å². The van der Waals surface area contributed by atoms with Crippen LogP contribution in [0.2, 0.25) is 0 Å². The molecular formula is C14H14F2N2O. The number of nitrogens with zero attached hydrogens (tertiary/aromatic N) is 1. The van der Waals surface area contributed by atoms with Crippen LogP contribution in [0.1, 0.15) is 12.5 Å². The first-order chi connectivity index (χ1) is 9.19. The van der Waals surface area contributed by atoms with Crippen molar-refractivity contribution >= 4 is 5.82 Å². The number of pyridine rings is 1. The van der Waals surface area contributed by atoms with Gasteiger partial charge >= 0.3 is 0 Å². The Balaban J connectivity index is 2.03. The number of benzene rings is 1. The van der Waals surface area contributed by atoms with E-state index in [1.54, 1.807) is 12.3 Å². The highest BCUT2D eigenvalue weighted by Crippen LogP contribution is 2.19. The molecule has 0 spiro atoms. The molecule has 1 aromatic carbocycles. The van der Waals surface area contributed by atoms with Gasteiger partial charge in [-0.25, -0.2) is 13.8 Å². The lowest BCUT2D eigenvalue weighted by Crippen LogP contribution is -2.02. The fourth-order valence-corrected chi connectivity index (χ4v) is 1.60. The minimum absolute atomic E-state index is 0.0308. The molecule has 3 nitrogen and oxygen atoms in total. The zero-order valence-corrected chi connectivity index (χ0v) is 10.5. The van der Waals surface area contributed by atoms with Gasteiger partial charge in [-0.1, -0.05) is 0 Å². The fourth-order valence-electron chi connectivity index (χ4n) is 1.60. The third-order valence-corrected chi connectivity index (χ3v) is 2.47. The fraction of sp³-hybridized carbons (Fsp3) is 0.214. The molecule has 0 atom stereocenters. The summed E-state index contributed by atoms with van der Waals surface area (Å²) in [5.41, 5.74) is 0.856. The van der Waals surface area contributed by atoms with Crippen LogP contribution in [0.4, 0.5) is 14.6 Å². The summed E-state index contributed by atoms with van der Waals surface area (Å²) in [5.74, 6) is -0.560. The van der Waals surface area contributed by atoms with Crippen molar-refractivity contribution in [2.75, 3.05) is 11.9 Å². The smallest absolute Gasteiger partial charge is 0.167 e. The molecule has 0 aliphatic heterocycles. The molecule has 0 amide bonds. The minimum atomic E-state index is -0.707. The van der Waals surface area contributed by atoms with Gasteiger partial charge in [-0.05, 0) is 36.8 Å². The Morgan fingerprint density at radius 2 is 2.05 bits per heavy atom. The van der Waals surface area contributed by atoms with Gasteiger partial charge in [-0.3, -0.25) is 0 Å². The number of ether oxygens (including phenoxy) is 1. The maximum atomic E-state index is 13.4.